The summed E-state index contributed by atoms with van der Waals surface area (Å²) in [5.41, 5.74) is 4.11. The number of rotatable bonds is 6. The van der Waals surface area contributed by atoms with Gasteiger partial charge >= 0.3 is 0 Å². The first-order valence-corrected chi connectivity index (χ1v) is 10.1. The molecule has 3 aromatic rings. The summed E-state index contributed by atoms with van der Waals surface area (Å²) < 4.78 is 5.22. The molecular formula is C23H27N3O3. The summed E-state index contributed by atoms with van der Waals surface area (Å²) in [6, 6.07) is 13.6. The second kappa shape index (κ2) is 8.57. The van der Waals surface area contributed by atoms with Gasteiger partial charge in [0.25, 0.3) is 5.56 Å². The molecule has 1 aromatic heterocycles. The fourth-order valence-corrected chi connectivity index (χ4v) is 3.91. The van der Waals surface area contributed by atoms with E-state index in [0.717, 1.165) is 40.9 Å². The van der Waals surface area contributed by atoms with Gasteiger partial charge in [-0.25, -0.2) is 0 Å². The molecule has 1 fully saturated rings. The van der Waals surface area contributed by atoms with Crippen LogP contribution in [0.25, 0.3) is 10.9 Å². The molecule has 29 heavy (non-hydrogen) atoms. The topological polar surface area (TPSA) is 77.6 Å². The number of aromatic nitrogens is 1. The van der Waals surface area contributed by atoms with Crippen LogP contribution in [0, 0.1) is 0 Å². The SMILES string of the molecule is COc1ccc2cc(CNc3ccc(N4CCCCC4)cc3CO)c(=O)[nH]c2c1. The number of nitrogens with one attached hydrogen (secondary N) is 2. The van der Waals surface area contributed by atoms with Crippen LogP contribution in [0.15, 0.2) is 47.3 Å². The standard InChI is InChI=1S/C23H27N3O3/c1-29-20-7-5-16-11-17(23(28)25-22(16)13-20)14-24-21-8-6-19(12-18(21)15-27)26-9-3-2-4-10-26/h5-8,11-13,24,27H,2-4,9-10,14-15H2,1H3,(H,25,28). The lowest BCUT2D eigenvalue weighted by atomic mass is 10.1. The number of H-pyrrole nitrogens is 1. The molecule has 2 aromatic carbocycles. The van der Waals surface area contributed by atoms with E-state index >= 15 is 0 Å². The molecule has 0 radical (unpaired) electrons. The summed E-state index contributed by atoms with van der Waals surface area (Å²) >= 11 is 0. The molecule has 0 amide bonds. The first kappa shape index (κ1) is 19.3. The molecule has 3 N–H and O–H groups in total. The van der Waals surface area contributed by atoms with Gasteiger partial charge in [0.05, 0.1) is 19.2 Å². The van der Waals surface area contributed by atoms with Crippen LogP contribution < -0.4 is 20.5 Å². The van der Waals surface area contributed by atoms with Gasteiger partial charge in [0.1, 0.15) is 5.75 Å². The van der Waals surface area contributed by atoms with Crippen molar-refractivity contribution in [3.63, 3.8) is 0 Å². The number of aromatic amines is 1. The molecule has 2 heterocycles. The summed E-state index contributed by atoms with van der Waals surface area (Å²) in [6.07, 6.45) is 3.71. The third-order valence-electron chi connectivity index (χ3n) is 5.58. The van der Waals surface area contributed by atoms with Gasteiger partial charge in [-0.05, 0) is 61.0 Å². The molecule has 1 aliphatic rings. The fraction of sp³-hybridized carbons (Fsp3) is 0.348. The molecule has 6 nitrogen and oxygen atoms in total. The summed E-state index contributed by atoms with van der Waals surface area (Å²) in [5.74, 6) is 0.709. The Bertz CT molecular complexity index is 1050. The van der Waals surface area contributed by atoms with Gasteiger partial charge in [-0.1, -0.05) is 0 Å². The normalized spacial score (nSPS) is 14.2. The Kier molecular flexibility index (Phi) is 5.71. The molecule has 0 atom stereocenters. The Morgan fingerprint density at radius 2 is 1.90 bits per heavy atom. The van der Waals surface area contributed by atoms with E-state index in [1.165, 1.54) is 19.3 Å². The number of pyridine rings is 1. The van der Waals surface area contributed by atoms with Crippen molar-refractivity contribution in [1.29, 1.82) is 0 Å². The number of nitrogens with zero attached hydrogens (tertiary/aromatic N) is 1. The van der Waals surface area contributed by atoms with Crippen LogP contribution >= 0.6 is 0 Å². The van der Waals surface area contributed by atoms with Gasteiger partial charge in [-0.2, -0.15) is 0 Å². The number of aliphatic hydroxyl groups is 1. The molecule has 0 unspecified atom stereocenters. The van der Waals surface area contributed by atoms with Crippen molar-refractivity contribution in [1.82, 2.24) is 4.98 Å². The lowest BCUT2D eigenvalue weighted by Crippen LogP contribution is -2.29. The highest BCUT2D eigenvalue weighted by Crippen LogP contribution is 2.26. The highest BCUT2D eigenvalue weighted by Gasteiger charge is 2.13. The van der Waals surface area contributed by atoms with Crippen LogP contribution in [0.1, 0.15) is 30.4 Å². The zero-order valence-corrected chi connectivity index (χ0v) is 16.7. The number of anilines is 2. The smallest absolute Gasteiger partial charge is 0.253 e. The zero-order chi connectivity index (χ0) is 20.2. The number of methoxy groups -OCH3 is 1. The minimum absolute atomic E-state index is 0.0438. The van der Waals surface area contributed by atoms with Gasteiger partial charge in [-0.15, -0.1) is 0 Å². The van der Waals surface area contributed by atoms with Crippen molar-refractivity contribution in [2.45, 2.75) is 32.4 Å². The predicted octanol–water partition coefficient (Wildman–Crippen LogP) is 3.63. The molecule has 0 spiro atoms. The molecule has 6 heteroatoms. The highest BCUT2D eigenvalue weighted by atomic mass is 16.5. The van der Waals surface area contributed by atoms with Crippen molar-refractivity contribution in [2.24, 2.45) is 0 Å². The Hall–Kier alpha value is -2.99. The van der Waals surface area contributed by atoms with Crippen LogP contribution in [0.4, 0.5) is 11.4 Å². The molecule has 0 aliphatic carbocycles. The van der Waals surface area contributed by atoms with Gasteiger partial charge < -0.3 is 25.0 Å². The number of hydrogen-bond acceptors (Lipinski definition) is 5. The van der Waals surface area contributed by atoms with Crippen LogP contribution in [0.2, 0.25) is 0 Å². The Labute approximate surface area is 170 Å². The lowest BCUT2D eigenvalue weighted by Gasteiger charge is -2.29. The van der Waals surface area contributed by atoms with Crippen molar-refractivity contribution in [3.8, 4) is 5.75 Å². The van der Waals surface area contributed by atoms with Crippen molar-refractivity contribution in [2.75, 3.05) is 30.4 Å². The molecule has 4 rings (SSSR count). The van der Waals surface area contributed by atoms with E-state index in [1.54, 1.807) is 7.11 Å². The fourth-order valence-electron chi connectivity index (χ4n) is 3.91. The van der Waals surface area contributed by atoms with E-state index in [4.69, 9.17) is 4.74 Å². The zero-order valence-electron chi connectivity index (χ0n) is 16.7. The second-order valence-corrected chi connectivity index (χ2v) is 7.48. The number of aliphatic hydroxyl groups excluding tert-OH is 1. The third-order valence-corrected chi connectivity index (χ3v) is 5.58. The van der Waals surface area contributed by atoms with E-state index in [0.29, 0.717) is 17.9 Å². The molecule has 1 aliphatic heterocycles. The van der Waals surface area contributed by atoms with Crippen LogP contribution in [-0.2, 0) is 13.2 Å². The van der Waals surface area contributed by atoms with Crippen LogP contribution in [0.3, 0.4) is 0 Å². The molecule has 1 saturated heterocycles. The monoisotopic (exact) mass is 393 g/mol. The van der Waals surface area contributed by atoms with Gasteiger partial charge in [0, 0.05) is 48.2 Å². The maximum Gasteiger partial charge on any atom is 0.253 e. The molecular weight excluding hydrogens is 366 g/mol. The van der Waals surface area contributed by atoms with E-state index < -0.39 is 0 Å². The quantitative estimate of drug-likeness (QED) is 0.596. The first-order valence-electron chi connectivity index (χ1n) is 10.1. The van der Waals surface area contributed by atoms with Crippen molar-refractivity contribution >= 4 is 22.3 Å². The maximum absolute atomic E-state index is 12.5. The van der Waals surface area contributed by atoms with E-state index in [2.05, 4.69) is 21.3 Å². The summed E-state index contributed by atoms with van der Waals surface area (Å²) in [5, 5.41) is 14.1. The van der Waals surface area contributed by atoms with Crippen LogP contribution in [-0.4, -0.2) is 30.3 Å². The first-order chi connectivity index (χ1) is 14.2. The van der Waals surface area contributed by atoms with Crippen molar-refractivity contribution in [3.05, 3.63) is 63.9 Å². The predicted molar refractivity (Wildman–Crippen MR) is 117 cm³/mol. The van der Waals surface area contributed by atoms with Crippen LogP contribution in [0.5, 0.6) is 5.75 Å². The number of benzene rings is 2. The highest BCUT2D eigenvalue weighted by molar-refractivity contribution is 5.80. The molecule has 0 saturated carbocycles. The second-order valence-electron chi connectivity index (χ2n) is 7.48. The summed E-state index contributed by atoms with van der Waals surface area (Å²) in [4.78, 5) is 17.8. The van der Waals surface area contributed by atoms with E-state index in [9.17, 15) is 9.90 Å². The number of hydrogen-bond donors (Lipinski definition) is 3. The summed E-state index contributed by atoms with van der Waals surface area (Å²) in [6.45, 7) is 2.47. The Morgan fingerprint density at radius 1 is 1.07 bits per heavy atom. The molecule has 152 valence electrons. The van der Waals surface area contributed by atoms with Gasteiger partial charge in [-0.3, -0.25) is 4.79 Å². The van der Waals surface area contributed by atoms with Gasteiger partial charge in [0.2, 0.25) is 0 Å². The maximum atomic E-state index is 12.5. The van der Waals surface area contributed by atoms with Crippen molar-refractivity contribution < 1.29 is 9.84 Å². The van der Waals surface area contributed by atoms with Gasteiger partial charge in [0.15, 0.2) is 0 Å². The summed E-state index contributed by atoms with van der Waals surface area (Å²) in [7, 11) is 1.60. The average molecular weight is 393 g/mol. The number of piperidine rings is 1. The van der Waals surface area contributed by atoms with E-state index in [1.807, 2.05) is 36.4 Å². The average Bonchev–Trinajstić information content (AvgIpc) is 2.77. The Morgan fingerprint density at radius 3 is 2.66 bits per heavy atom. The minimum Gasteiger partial charge on any atom is -0.497 e. The largest absolute Gasteiger partial charge is 0.497 e. The lowest BCUT2D eigenvalue weighted by molar-refractivity contribution is 0.282. The third kappa shape index (κ3) is 4.22. The molecule has 0 bridgehead atoms. The minimum atomic E-state index is -0.131. The Balaban J connectivity index is 1.53. The number of fused-ring (bicyclic) bond motifs is 1. The number of ether oxygens (including phenoxy) is 1. The van der Waals surface area contributed by atoms with E-state index in [-0.39, 0.29) is 12.2 Å².